The van der Waals surface area contributed by atoms with Crippen LogP contribution in [-0.4, -0.2) is 28.9 Å². The molecule has 1 aliphatic carbocycles. The van der Waals surface area contributed by atoms with Crippen LogP contribution in [0.25, 0.3) is 0 Å². The van der Waals surface area contributed by atoms with Crippen molar-refractivity contribution >= 4 is 5.97 Å². The number of hydrogen-bond donors (Lipinski definition) is 1. The molecular formula is C15H25N3O2. The van der Waals surface area contributed by atoms with Crippen LogP contribution in [0.4, 0.5) is 0 Å². The molecule has 1 fully saturated rings. The molecule has 0 aliphatic heterocycles. The van der Waals surface area contributed by atoms with Gasteiger partial charge < -0.3 is 4.74 Å². The highest BCUT2D eigenvalue weighted by Crippen LogP contribution is 2.22. The monoisotopic (exact) mass is 279 g/mol. The van der Waals surface area contributed by atoms with Gasteiger partial charge in [-0.25, -0.2) is 4.79 Å². The predicted octanol–water partition coefficient (Wildman–Crippen LogP) is 2.43. The van der Waals surface area contributed by atoms with E-state index in [4.69, 9.17) is 4.74 Å². The lowest BCUT2D eigenvalue weighted by atomic mass is 10.1. The third kappa shape index (κ3) is 3.82. The lowest BCUT2D eigenvalue weighted by Gasteiger charge is -2.22. The maximum absolute atomic E-state index is 12.0. The van der Waals surface area contributed by atoms with Crippen LogP contribution in [0.3, 0.4) is 0 Å². The van der Waals surface area contributed by atoms with Gasteiger partial charge in [0.1, 0.15) is 6.04 Å². The van der Waals surface area contributed by atoms with Crippen molar-refractivity contribution in [1.82, 2.24) is 15.1 Å². The van der Waals surface area contributed by atoms with E-state index in [9.17, 15) is 4.79 Å². The van der Waals surface area contributed by atoms with E-state index >= 15 is 0 Å². The largest absolute Gasteiger partial charge is 0.468 e. The first-order valence-electron chi connectivity index (χ1n) is 7.60. The first kappa shape index (κ1) is 15.0. The molecule has 20 heavy (non-hydrogen) atoms. The number of esters is 1. The second-order valence-corrected chi connectivity index (χ2v) is 5.44. The Kier molecular flexibility index (Phi) is 5.59. The van der Waals surface area contributed by atoms with Crippen LogP contribution < -0.4 is 5.32 Å². The molecular weight excluding hydrogens is 254 g/mol. The summed E-state index contributed by atoms with van der Waals surface area (Å²) in [5.41, 5.74) is 0.892. The van der Waals surface area contributed by atoms with Gasteiger partial charge in [0.2, 0.25) is 0 Å². The minimum absolute atomic E-state index is 0.232. The molecule has 112 valence electrons. The van der Waals surface area contributed by atoms with Gasteiger partial charge in [0.05, 0.1) is 13.3 Å². The second kappa shape index (κ2) is 7.43. The molecule has 5 heteroatoms. The third-order valence-corrected chi connectivity index (χ3v) is 4.00. The van der Waals surface area contributed by atoms with E-state index in [0.717, 1.165) is 24.9 Å². The van der Waals surface area contributed by atoms with Crippen molar-refractivity contribution in [3.8, 4) is 0 Å². The number of carbonyl (C=O) groups is 1. The van der Waals surface area contributed by atoms with Crippen LogP contribution in [0.2, 0.25) is 0 Å². The van der Waals surface area contributed by atoms with Crippen LogP contribution in [0.5, 0.6) is 0 Å². The SMILES string of the molecule is CCn1cc(C(NC2CCCCCC2)C(=O)OC)cn1. The van der Waals surface area contributed by atoms with Crippen molar-refractivity contribution in [2.24, 2.45) is 0 Å². The molecule has 1 N–H and O–H groups in total. The van der Waals surface area contributed by atoms with Gasteiger partial charge in [0, 0.05) is 24.3 Å². The van der Waals surface area contributed by atoms with E-state index in [2.05, 4.69) is 10.4 Å². The predicted molar refractivity (Wildman–Crippen MR) is 77.3 cm³/mol. The molecule has 0 amide bonds. The Morgan fingerprint density at radius 1 is 1.45 bits per heavy atom. The molecule has 1 aliphatic rings. The van der Waals surface area contributed by atoms with Crippen molar-refractivity contribution in [3.63, 3.8) is 0 Å². The maximum Gasteiger partial charge on any atom is 0.327 e. The Bertz CT molecular complexity index is 423. The molecule has 0 saturated heterocycles. The highest BCUT2D eigenvalue weighted by molar-refractivity contribution is 5.77. The zero-order valence-corrected chi connectivity index (χ0v) is 12.5. The Balaban J connectivity index is 2.08. The molecule has 5 nitrogen and oxygen atoms in total. The van der Waals surface area contributed by atoms with Gasteiger partial charge in [-0.3, -0.25) is 10.00 Å². The summed E-state index contributed by atoms with van der Waals surface area (Å²) in [5, 5.41) is 7.73. The molecule has 1 saturated carbocycles. The van der Waals surface area contributed by atoms with Gasteiger partial charge in [-0.2, -0.15) is 5.10 Å². The number of hydrogen-bond acceptors (Lipinski definition) is 4. The van der Waals surface area contributed by atoms with Crippen LogP contribution in [-0.2, 0) is 16.1 Å². The molecule has 0 spiro atoms. The first-order chi connectivity index (χ1) is 9.74. The van der Waals surface area contributed by atoms with E-state index in [0.29, 0.717) is 6.04 Å². The fourth-order valence-corrected chi connectivity index (χ4v) is 2.80. The smallest absolute Gasteiger partial charge is 0.327 e. The van der Waals surface area contributed by atoms with E-state index in [1.165, 1.54) is 32.8 Å². The number of aryl methyl sites for hydroxylation is 1. The molecule has 0 radical (unpaired) electrons. The summed E-state index contributed by atoms with van der Waals surface area (Å²) in [4.78, 5) is 12.0. The average molecular weight is 279 g/mol. The van der Waals surface area contributed by atoms with Crippen molar-refractivity contribution in [1.29, 1.82) is 0 Å². The zero-order chi connectivity index (χ0) is 14.4. The van der Waals surface area contributed by atoms with Gasteiger partial charge in [-0.1, -0.05) is 25.7 Å². The number of nitrogens with one attached hydrogen (secondary N) is 1. The fraction of sp³-hybridized carbons (Fsp3) is 0.733. The Morgan fingerprint density at radius 3 is 2.70 bits per heavy atom. The molecule has 2 rings (SSSR count). The number of carbonyl (C=O) groups excluding carboxylic acids is 1. The minimum atomic E-state index is -0.400. The molecule has 1 aromatic rings. The van der Waals surface area contributed by atoms with E-state index in [1.54, 1.807) is 6.20 Å². The summed E-state index contributed by atoms with van der Waals surface area (Å²) in [5.74, 6) is -0.232. The molecule has 0 aromatic carbocycles. The Hall–Kier alpha value is -1.36. The number of rotatable bonds is 5. The van der Waals surface area contributed by atoms with E-state index in [1.807, 2.05) is 17.8 Å². The summed E-state index contributed by atoms with van der Waals surface area (Å²) < 4.78 is 6.78. The number of ether oxygens (including phenoxy) is 1. The molecule has 1 atom stereocenters. The van der Waals surface area contributed by atoms with Crippen molar-refractivity contribution in [3.05, 3.63) is 18.0 Å². The quantitative estimate of drug-likeness (QED) is 0.664. The highest BCUT2D eigenvalue weighted by Gasteiger charge is 2.26. The van der Waals surface area contributed by atoms with Crippen LogP contribution in [0.15, 0.2) is 12.4 Å². The van der Waals surface area contributed by atoms with Crippen molar-refractivity contribution in [2.75, 3.05) is 7.11 Å². The Morgan fingerprint density at radius 2 is 2.15 bits per heavy atom. The van der Waals surface area contributed by atoms with Crippen LogP contribution >= 0.6 is 0 Å². The minimum Gasteiger partial charge on any atom is -0.468 e. The fourth-order valence-electron chi connectivity index (χ4n) is 2.80. The topological polar surface area (TPSA) is 56.2 Å². The third-order valence-electron chi connectivity index (χ3n) is 4.00. The Labute approximate surface area is 120 Å². The van der Waals surface area contributed by atoms with Gasteiger partial charge in [-0.15, -0.1) is 0 Å². The molecule has 1 aromatic heterocycles. The summed E-state index contributed by atoms with van der Waals surface area (Å²) in [6.45, 7) is 2.83. The number of aromatic nitrogens is 2. The molecule has 1 unspecified atom stereocenters. The summed E-state index contributed by atoms with van der Waals surface area (Å²) in [6.07, 6.45) is 11.0. The number of nitrogens with zero attached hydrogens (tertiary/aromatic N) is 2. The van der Waals surface area contributed by atoms with Gasteiger partial charge in [0.15, 0.2) is 0 Å². The van der Waals surface area contributed by atoms with Crippen LogP contribution in [0, 0.1) is 0 Å². The maximum atomic E-state index is 12.0. The van der Waals surface area contributed by atoms with Gasteiger partial charge in [0.25, 0.3) is 0 Å². The van der Waals surface area contributed by atoms with E-state index in [-0.39, 0.29) is 5.97 Å². The van der Waals surface area contributed by atoms with Crippen molar-refractivity contribution in [2.45, 2.75) is 64.1 Å². The van der Waals surface area contributed by atoms with Crippen LogP contribution in [0.1, 0.15) is 57.1 Å². The van der Waals surface area contributed by atoms with E-state index < -0.39 is 6.04 Å². The summed E-state index contributed by atoms with van der Waals surface area (Å²) in [7, 11) is 1.44. The molecule has 0 bridgehead atoms. The van der Waals surface area contributed by atoms with Crippen molar-refractivity contribution < 1.29 is 9.53 Å². The highest BCUT2D eigenvalue weighted by atomic mass is 16.5. The van der Waals surface area contributed by atoms with Gasteiger partial charge >= 0.3 is 5.97 Å². The average Bonchev–Trinajstić information content (AvgIpc) is 2.80. The second-order valence-electron chi connectivity index (χ2n) is 5.44. The zero-order valence-electron chi connectivity index (χ0n) is 12.5. The number of methoxy groups -OCH3 is 1. The lowest BCUT2D eigenvalue weighted by molar-refractivity contribution is -0.143. The molecule has 1 heterocycles. The summed E-state index contributed by atoms with van der Waals surface area (Å²) in [6, 6.07) is -0.00465. The standard InChI is InChI=1S/C15H25N3O2/c1-3-18-11-12(10-16-18)14(15(19)20-2)17-13-8-6-4-5-7-9-13/h10-11,13-14,17H,3-9H2,1-2H3. The lowest BCUT2D eigenvalue weighted by Crippen LogP contribution is -2.37. The first-order valence-corrected chi connectivity index (χ1v) is 7.60. The summed E-state index contributed by atoms with van der Waals surface area (Å²) >= 11 is 0. The normalized spacial score (nSPS) is 18.5. The van der Waals surface area contributed by atoms with Gasteiger partial charge in [-0.05, 0) is 19.8 Å².